The molecule has 0 saturated heterocycles. The van der Waals surface area contributed by atoms with E-state index in [0.717, 1.165) is 33.0 Å². The Morgan fingerprint density at radius 1 is 0.738 bits per heavy atom. The summed E-state index contributed by atoms with van der Waals surface area (Å²) >= 11 is 0. The Bertz CT molecular complexity index is 1730. The molecule has 6 aromatic rings. The van der Waals surface area contributed by atoms with Crippen molar-refractivity contribution in [1.82, 2.24) is 14.9 Å². The Labute approximate surface area is 246 Å². The fourth-order valence-electron chi connectivity index (χ4n) is 6.03. The minimum Gasteiger partial charge on any atom is -0.379 e. The number of carbonyl (C=O) groups is 1. The monoisotopic (exact) mass is 551 g/mol. The van der Waals surface area contributed by atoms with E-state index >= 15 is 0 Å². The molecule has 1 heterocycles. The molecule has 42 heavy (non-hydrogen) atoms. The van der Waals surface area contributed by atoms with E-state index in [1.165, 1.54) is 0 Å². The molecule has 0 aliphatic heterocycles. The van der Waals surface area contributed by atoms with Gasteiger partial charge in [-0.2, -0.15) is 0 Å². The number of hydrogen-bond donors (Lipinski definition) is 2. The molecule has 0 spiro atoms. The second-order valence-corrected chi connectivity index (χ2v) is 10.5. The van der Waals surface area contributed by atoms with Crippen molar-refractivity contribution in [2.75, 3.05) is 7.05 Å². The SMILES string of the molecule is CCC(O)(c1ccc2cc(C(=O)NC)ccc2c1)c1cn(C(c2ccccc2)(c2ccccc2)c2ccccc2)cn1. The summed E-state index contributed by atoms with van der Waals surface area (Å²) in [6.07, 6.45) is 4.25. The molecule has 6 rings (SSSR count). The van der Waals surface area contributed by atoms with Gasteiger partial charge >= 0.3 is 0 Å². The van der Waals surface area contributed by atoms with Crippen molar-refractivity contribution in [3.63, 3.8) is 0 Å². The number of nitrogens with zero attached hydrogens (tertiary/aromatic N) is 2. The van der Waals surface area contributed by atoms with Gasteiger partial charge in [-0.25, -0.2) is 4.98 Å². The number of aliphatic hydroxyl groups is 1. The van der Waals surface area contributed by atoms with E-state index in [0.29, 0.717) is 17.7 Å². The first-order chi connectivity index (χ1) is 20.5. The third kappa shape index (κ3) is 4.48. The van der Waals surface area contributed by atoms with Crippen LogP contribution in [0.2, 0.25) is 0 Å². The lowest BCUT2D eigenvalue weighted by Gasteiger charge is -2.37. The normalized spacial score (nSPS) is 13.0. The molecule has 5 heteroatoms. The van der Waals surface area contributed by atoms with Crippen LogP contribution in [0.25, 0.3) is 10.8 Å². The first-order valence-corrected chi connectivity index (χ1v) is 14.2. The number of imidazole rings is 1. The average Bonchev–Trinajstić information content (AvgIpc) is 3.56. The summed E-state index contributed by atoms with van der Waals surface area (Å²) in [4.78, 5) is 17.0. The summed E-state index contributed by atoms with van der Waals surface area (Å²) in [6, 6.07) is 42.7. The zero-order valence-electron chi connectivity index (χ0n) is 23.7. The van der Waals surface area contributed by atoms with Gasteiger partial charge in [-0.1, -0.05) is 116 Å². The molecule has 1 atom stereocenters. The molecule has 1 aromatic heterocycles. The maximum atomic E-state index is 12.3. The topological polar surface area (TPSA) is 67.2 Å². The van der Waals surface area contributed by atoms with Crippen molar-refractivity contribution in [1.29, 1.82) is 0 Å². The van der Waals surface area contributed by atoms with Gasteiger partial charge < -0.3 is 15.0 Å². The van der Waals surface area contributed by atoms with Crippen LogP contribution in [-0.2, 0) is 11.1 Å². The Hall–Kier alpha value is -5.00. The molecule has 0 fully saturated rings. The molecular formula is C37H33N3O2. The number of amides is 1. The Morgan fingerprint density at radius 3 is 1.79 bits per heavy atom. The van der Waals surface area contributed by atoms with Crippen molar-refractivity contribution >= 4 is 16.7 Å². The van der Waals surface area contributed by atoms with Crippen LogP contribution in [0.3, 0.4) is 0 Å². The Balaban J connectivity index is 1.52. The minimum atomic E-state index is -1.32. The predicted octanol–water partition coefficient (Wildman–Crippen LogP) is 6.88. The fourth-order valence-corrected chi connectivity index (χ4v) is 6.03. The Morgan fingerprint density at radius 2 is 1.26 bits per heavy atom. The van der Waals surface area contributed by atoms with Gasteiger partial charge in [0.2, 0.25) is 0 Å². The molecule has 0 radical (unpaired) electrons. The molecule has 208 valence electrons. The second-order valence-electron chi connectivity index (χ2n) is 10.5. The third-order valence-corrected chi connectivity index (χ3v) is 8.29. The van der Waals surface area contributed by atoms with E-state index in [9.17, 15) is 9.90 Å². The first kappa shape index (κ1) is 27.2. The van der Waals surface area contributed by atoms with Crippen molar-refractivity contribution in [3.05, 3.63) is 173 Å². The highest BCUT2D eigenvalue weighted by Crippen LogP contribution is 2.42. The van der Waals surface area contributed by atoms with Crippen LogP contribution in [-0.4, -0.2) is 27.6 Å². The van der Waals surface area contributed by atoms with Crippen LogP contribution in [0.5, 0.6) is 0 Å². The number of fused-ring (bicyclic) bond motifs is 1. The zero-order chi connectivity index (χ0) is 29.2. The summed E-state index contributed by atoms with van der Waals surface area (Å²) in [5.41, 5.74) is 3.13. The predicted molar refractivity (Wildman–Crippen MR) is 167 cm³/mol. The van der Waals surface area contributed by atoms with E-state index in [-0.39, 0.29) is 5.91 Å². The smallest absolute Gasteiger partial charge is 0.251 e. The quantitative estimate of drug-likeness (QED) is 0.203. The molecule has 5 nitrogen and oxygen atoms in total. The largest absolute Gasteiger partial charge is 0.379 e. The van der Waals surface area contributed by atoms with Crippen LogP contribution in [0.4, 0.5) is 0 Å². The first-order valence-electron chi connectivity index (χ1n) is 14.2. The van der Waals surface area contributed by atoms with Gasteiger partial charge in [0, 0.05) is 18.8 Å². The fraction of sp³-hybridized carbons (Fsp3) is 0.135. The van der Waals surface area contributed by atoms with Gasteiger partial charge in [0.25, 0.3) is 5.91 Å². The molecule has 1 unspecified atom stereocenters. The molecule has 1 amide bonds. The maximum Gasteiger partial charge on any atom is 0.251 e. The highest BCUT2D eigenvalue weighted by molar-refractivity contribution is 5.98. The highest BCUT2D eigenvalue weighted by atomic mass is 16.3. The summed E-state index contributed by atoms with van der Waals surface area (Å²) in [5, 5.41) is 16.8. The second kappa shape index (κ2) is 11.1. The summed E-state index contributed by atoms with van der Waals surface area (Å²) in [5.74, 6) is -0.129. The molecule has 2 N–H and O–H groups in total. The zero-order valence-corrected chi connectivity index (χ0v) is 23.7. The number of aromatic nitrogens is 2. The van der Waals surface area contributed by atoms with Gasteiger partial charge in [-0.05, 0) is 57.6 Å². The van der Waals surface area contributed by atoms with Gasteiger partial charge in [-0.3, -0.25) is 4.79 Å². The average molecular weight is 552 g/mol. The van der Waals surface area contributed by atoms with E-state index in [2.05, 4.69) is 82.7 Å². The van der Waals surface area contributed by atoms with Crippen molar-refractivity contribution in [2.24, 2.45) is 0 Å². The number of carbonyl (C=O) groups excluding carboxylic acids is 1. The van der Waals surface area contributed by atoms with Gasteiger partial charge in [0.1, 0.15) is 11.1 Å². The molecular weight excluding hydrogens is 518 g/mol. The summed E-state index contributed by atoms with van der Waals surface area (Å²) in [7, 11) is 1.62. The summed E-state index contributed by atoms with van der Waals surface area (Å²) in [6.45, 7) is 1.97. The van der Waals surface area contributed by atoms with Crippen molar-refractivity contribution < 1.29 is 9.90 Å². The molecule has 0 aliphatic carbocycles. The lowest BCUT2D eigenvalue weighted by atomic mass is 9.76. The highest BCUT2D eigenvalue weighted by Gasteiger charge is 2.40. The van der Waals surface area contributed by atoms with E-state index < -0.39 is 11.1 Å². The minimum absolute atomic E-state index is 0.129. The number of hydrogen-bond acceptors (Lipinski definition) is 3. The van der Waals surface area contributed by atoms with E-state index in [1.54, 1.807) is 13.1 Å². The van der Waals surface area contributed by atoms with Crippen LogP contribution < -0.4 is 5.32 Å². The van der Waals surface area contributed by atoms with Gasteiger partial charge in [0.05, 0.1) is 12.0 Å². The number of rotatable bonds is 8. The lowest BCUT2D eigenvalue weighted by molar-refractivity contribution is 0.0723. The molecule has 0 bridgehead atoms. The molecule has 0 aliphatic rings. The molecule has 0 saturated carbocycles. The Kier molecular flexibility index (Phi) is 7.19. The lowest BCUT2D eigenvalue weighted by Crippen LogP contribution is -2.37. The standard InChI is InChI=1S/C37H33N3O2/c1-3-36(42,33-22-21-27-23-29(35(41)38-2)20-19-28(27)24-33)34-25-40(26-39-34)37(30-13-7-4-8-14-30,31-15-9-5-10-16-31)32-17-11-6-12-18-32/h4-26,42H,3H2,1-2H3,(H,38,41). The van der Waals surface area contributed by atoms with Crippen molar-refractivity contribution in [2.45, 2.75) is 24.5 Å². The van der Waals surface area contributed by atoms with Gasteiger partial charge in [-0.15, -0.1) is 0 Å². The van der Waals surface area contributed by atoms with Crippen LogP contribution in [0.15, 0.2) is 140 Å². The van der Waals surface area contributed by atoms with Gasteiger partial charge in [0.15, 0.2) is 0 Å². The van der Waals surface area contributed by atoms with Crippen LogP contribution in [0.1, 0.15) is 51.7 Å². The number of benzene rings is 5. The van der Waals surface area contributed by atoms with Crippen LogP contribution in [0, 0.1) is 0 Å². The number of nitrogens with one attached hydrogen (secondary N) is 1. The molecule has 5 aromatic carbocycles. The van der Waals surface area contributed by atoms with Crippen LogP contribution >= 0.6 is 0 Å². The maximum absolute atomic E-state index is 12.3. The third-order valence-electron chi connectivity index (χ3n) is 8.29. The van der Waals surface area contributed by atoms with E-state index in [4.69, 9.17) is 4.98 Å². The summed E-state index contributed by atoms with van der Waals surface area (Å²) < 4.78 is 2.12. The van der Waals surface area contributed by atoms with E-state index in [1.807, 2.05) is 68.0 Å². The van der Waals surface area contributed by atoms with Crippen molar-refractivity contribution in [3.8, 4) is 0 Å².